The van der Waals surface area contributed by atoms with E-state index in [-0.39, 0.29) is 6.54 Å². The fourth-order valence-electron chi connectivity index (χ4n) is 0.998. The lowest BCUT2D eigenvalue weighted by molar-refractivity contribution is -0.125. The standard InChI is InChI=1S/C8H14N4O2/c1-5-6(3-11-12-5)2-10-4-7(13)8(9)14/h3,7,10,13H,2,4H2,1H3,(H2,9,14)(H,11,12). The third-order valence-corrected chi connectivity index (χ3v) is 1.92. The smallest absolute Gasteiger partial charge is 0.247 e. The molecule has 1 aromatic heterocycles. The Balaban J connectivity index is 2.29. The van der Waals surface area contributed by atoms with E-state index < -0.39 is 12.0 Å². The molecular formula is C8H14N4O2. The van der Waals surface area contributed by atoms with Gasteiger partial charge >= 0.3 is 0 Å². The van der Waals surface area contributed by atoms with Gasteiger partial charge in [0.15, 0.2) is 0 Å². The Morgan fingerprint density at radius 2 is 2.57 bits per heavy atom. The van der Waals surface area contributed by atoms with Crippen molar-refractivity contribution in [2.24, 2.45) is 5.73 Å². The first-order valence-corrected chi connectivity index (χ1v) is 4.28. The zero-order chi connectivity index (χ0) is 10.6. The van der Waals surface area contributed by atoms with Gasteiger partial charge in [0.25, 0.3) is 0 Å². The first-order chi connectivity index (χ1) is 6.61. The van der Waals surface area contributed by atoms with Gasteiger partial charge in [-0.1, -0.05) is 0 Å². The van der Waals surface area contributed by atoms with E-state index in [9.17, 15) is 4.79 Å². The maximum atomic E-state index is 10.5. The highest BCUT2D eigenvalue weighted by Crippen LogP contribution is 2.00. The Hall–Kier alpha value is -1.40. The number of aliphatic hydroxyl groups is 1. The quantitative estimate of drug-likeness (QED) is 0.469. The zero-order valence-electron chi connectivity index (χ0n) is 7.95. The molecule has 0 spiro atoms. The van der Waals surface area contributed by atoms with Crippen LogP contribution in [0.25, 0.3) is 0 Å². The third kappa shape index (κ3) is 2.82. The first-order valence-electron chi connectivity index (χ1n) is 4.28. The van der Waals surface area contributed by atoms with Crippen LogP contribution in [0.1, 0.15) is 11.3 Å². The lowest BCUT2D eigenvalue weighted by atomic mass is 10.2. The summed E-state index contributed by atoms with van der Waals surface area (Å²) in [6, 6.07) is 0. The van der Waals surface area contributed by atoms with Crippen molar-refractivity contribution in [3.63, 3.8) is 0 Å². The van der Waals surface area contributed by atoms with Crippen molar-refractivity contribution in [1.82, 2.24) is 15.5 Å². The van der Waals surface area contributed by atoms with Crippen molar-refractivity contribution < 1.29 is 9.90 Å². The lowest BCUT2D eigenvalue weighted by Crippen LogP contribution is -2.37. The van der Waals surface area contributed by atoms with Crippen molar-refractivity contribution in [1.29, 1.82) is 0 Å². The largest absolute Gasteiger partial charge is 0.382 e. The molecule has 6 heteroatoms. The molecular weight excluding hydrogens is 184 g/mol. The minimum Gasteiger partial charge on any atom is -0.382 e. The summed E-state index contributed by atoms with van der Waals surface area (Å²) in [6.07, 6.45) is 0.557. The first kappa shape index (κ1) is 10.7. The summed E-state index contributed by atoms with van der Waals surface area (Å²) in [5, 5.41) is 18.6. The molecule has 1 unspecified atom stereocenters. The average molecular weight is 198 g/mol. The van der Waals surface area contributed by atoms with Gasteiger partial charge < -0.3 is 16.2 Å². The monoisotopic (exact) mass is 198 g/mol. The molecule has 1 amide bonds. The molecule has 6 nitrogen and oxygen atoms in total. The molecule has 1 heterocycles. The summed E-state index contributed by atoms with van der Waals surface area (Å²) >= 11 is 0. The van der Waals surface area contributed by atoms with Crippen LogP contribution in [0, 0.1) is 6.92 Å². The van der Waals surface area contributed by atoms with Crippen LogP contribution < -0.4 is 11.1 Å². The van der Waals surface area contributed by atoms with Crippen LogP contribution in [0.4, 0.5) is 0 Å². The maximum Gasteiger partial charge on any atom is 0.247 e. The van der Waals surface area contributed by atoms with E-state index in [2.05, 4.69) is 15.5 Å². The Morgan fingerprint density at radius 3 is 3.07 bits per heavy atom. The number of rotatable bonds is 5. The number of carbonyl (C=O) groups excluding carboxylic acids is 1. The highest BCUT2D eigenvalue weighted by atomic mass is 16.3. The summed E-state index contributed by atoms with van der Waals surface area (Å²) in [7, 11) is 0. The molecule has 0 saturated heterocycles. The van der Waals surface area contributed by atoms with Crippen molar-refractivity contribution in [3.8, 4) is 0 Å². The molecule has 0 aromatic carbocycles. The van der Waals surface area contributed by atoms with E-state index in [4.69, 9.17) is 10.8 Å². The molecule has 0 fully saturated rings. The highest BCUT2D eigenvalue weighted by molar-refractivity contribution is 5.78. The SMILES string of the molecule is Cc1[nH]ncc1CNCC(O)C(N)=O. The number of nitrogens with two attached hydrogens (primary N) is 1. The lowest BCUT2D eigenvalue weighted by Gasteiger charge is -2.07. The van der Waals surface area contributed by atoms with Crippen molar-refractivity contribution >= 4 is 5.91 Å². The Labute approximate surface area is 81.5 Å². The van der Waals surface area contributed by atoms with Crippen LogP contribution in [0.3, 0.4) is 0 Å². The van der Waals surface area contributed by atoms with Gasteiger partial charge in [0.2, 0.25) is 5.91 Å². The number of carbonyl (C=O) groups is 1. The van der Waals surface area contributed by atoms with Gasteiger partial charge in [-0.25, -0.2) is 0 Å². The van der Waals surface area contributed by atoms with Crippen molar-refractivity contribution in [2.75, 3.05) is 6.54 Å². The number of aromatic nitrogens is 2. The number of aryl methyl sites for hydroxylation is 1. The van der Waals surface area contributed by atoms with Gasteiger partial charge in [0.1, 0.15) is 6.10 Å². The van der Waals surface area contributed by atoms with Crippen molar-refractivity contribution in [2.45, 2.75) is 19.6 Å². The summed E-state index contributed by atoms with van der Waals surface area (Å²) in [5.74, 6) is -0.721. The molecule has 14 heavy (non-hydrogen) atoms. The second-order valence-corrected chi connectivity index (χ2v) is 3.07. The van der Waals surface area contributed by atoms with Crippen LogP contribution in [0.15, 0.2) is 6.20 Å². The predicted molar refractivity (Wildman–Crippen MR) is 50.2 cm³/mol. The molecule has 0 saturated carbocycles. The van der Waals surface area contributed by atoms with Gasteiger partial charge in [-0.3, -0.25) is 9.89 Å². The average Bonchev–Trinajstić information content (AvgIpc) is 2.51. The van der Waals surface area contributed by atoms with Crippen LogP contribution in [-0.4, -0.2) is 33.9 Å². The van der Waals surface area contributed by atoms with Crippen LogP contribution in [-0.2, 0) is 11.3 Å². The Bertz CT molecular complexity index is 310. The Kier molecular flexibility index (Phi) is 3.61. The topological polar surface area (TPSA) is 104 Å². The second-order valence-electron chi connectivity index (χ2n) is 3.07. The van der Waals surface area contributed by atoms with Gasteiger partial charge in [-0.2, -0.15) is 5.10 Å². The van der Waals surface area contributed by atoms with E-state index in [0.29, 0.717) is 6.54 Å². The number of nitrogens with one attached hydrogen (secondary N) is 2. The molecule has 78 valence electrons. The molecule has 0 aliphatic carbocycles. The number of primary amides is 1. The second kappa shape index (κ2) is 4.73. The number of amides is 1. The molecule has 0 aliphatic heterocycles. The number of H-pyrrole nitrogens is 1. The maximum absolute atomic E-state index is 10.5. The molecule has 0 bridgehead atoms. The predicted octanol–water partition coefficient (Wildman–Crippen LogP) is -1.35. The molecule has 0 aliphatic rings. The van der Waals surface area contributed by atoms with Gasteiger partial charge in [-0.05, 0) is 6.92 Å². The fraction of sp³-hybridized carbons (Fsp3) is 0.500. The van der Waals surface area contributed by atoms with Gasteiger partial charge in [0, 0.05) is 24.3 Å². The van der Waals surface area contributed by atoms with E-state index in [0.717, 1.165) is 11.3 Å². The van der Waals surface area contributed by atoms with Gasteiger partial charge in [0.05, 0.1) is 6.20 Å². The highest BCUT2D eigenvalue weighted by Gasteiger charge is 2.09. The number of aliphatic hydroxyl groups excluding tert-OH is 1. The van der Waals surface area contributed by atoms with E-state index >= 15 is 0 Å². The summed E-state index contributed by atoms with van der Waals surface area (Å²) in [6.45, 7) is 2.60. The van der Waals surface area contributed by atoms with E-state index in [1.807, 2.05) is 6.92 Å². The molecule has 5 N–H and O–H groups in total. The molecule has 0 radical (unpaired) electrons. The van der Waals surface area contributed by atoms with E-state index in [1.165, 1.54) is 0 Å². The number of hydrogen-bond donors (Lipinski definition) is 4. The number of hydrogen-bond acceptors (Lipinski definition) is 4. The third-order valence-electron chi connectivity index (χ3n) is 1.92. The molecule has 1 rings (SSSR count). The zero-order valence-corrected chi connectivity index (χ0v) is 7.95. The minimum atomic E-state index is -1.14. The van der Waals surface area contributed by atoms with Crippen LogP contribution in [0.5, 0.6) is 0 Å². The van der Waals surface area contributed by atoms with Gasteiger partial charge in [-0.15, -0.1) is 0 Å². The number of aromatic amines is 1. The van der Waals surface area contributed by atoms with E-state index in [1.54, 1.807) is 6.20 Å². The van der Waals surface area contributed by atoms with Crippen LogP contribution in [0.2, 0.25) is 0 Å². The fourth-order valence-corrected chi connectivity index (χ4v) is 0.998. The van der Waals surface area contributed by atoms with Crippen molar-refractivity contribution in [3.05, 3.63) is 17.5 Å². The molecule has 1 aromatic rings. The minimum absolute atomic E-state index is 0.153. The summed E-state index contributed by atoms with van der Waals surface area (Å²) in [4.78, 5) is 10.5. The normalized spacial score (nSPS) is 12.7. The molecule has 1 atom stereocenters. The summed E-state index contributed by atoms with van der Waals surface area (Å²) < 4.78 is 0. The number of nitrogens with zero attached hydrogens (tertiary/aromatic N) is 1. The Morgan fingerprint density at radius 1 is 1.86 bits per heavy atom. The summed E-state index contributed by atoms with van der Waals surface area (Å²) in [5.41, 5.74) is 6.84. The van der Waals surface area contributed by atoms with Crippen LogP contribution >= 0.6 is 0 Å².